The molecule has 0 radical (unpaired) electrons. The molecule has 86 valence electrons. The van der Waals surface area contributed by atoms with Gasteiger partial charge in [-0.3, -0.25) is 4.79 Å². The van der Waals surface area contributed by atoms with Gasteiger partial charge in [-0.2, -0.15) is 0 Å². The summed E-state index contributed by atoms with van der Waals surface area (Å²) in [7, 11) is 0. The van der Waals surface area contributed by atoms with Crippen molar-refractivity contribution in [3.8, 4) is 0 Å². The van der Waals surface area contributed by atoms with Crippen molar-refractivity contribution < 1.29 is 9.18 Å². The number of ketones is 1. The maximum atomic E-state index is 13.2. The topological polar surface area (TPSA) is 17.1 Å². The van der Waals surface area contributed by atoms with Crippen LogP contribution in [0.1, 0.15) is 15.9 Å². The molecule has 0 aliphatic heterocycles. The van der Waals surface area contributed by atoms with E-state index in [1.165, 1.54) is 12.1 Å². The summed E-state index contributed by atoms with van der Waals surface area (Å²) >= 11 is 6.46. The van der Waals surface area contributed by atoms with Crippen molar-refractivity contribution >= 4 is 37.6 Å². The van der Waals surface area contributed by atoms with Crippen LogP contribution in [0.15, 0.2) is 51.4 Å². The van der Waals surface area contributed by atoms with Crippen molar-refractivity contribution in [1.29, 1.82) is 0 Å². The monoisotopic (exact) mass is 356 g/mol. The van der Waals surface area contributed by atoms with Gasteiger partial charge in [-0.1, -0.05) is 31.9 Å². The van der Waals surface area contributed by atoms with E-state index in [2.05, 4.69) is 31.9 Å². The van der Waals surface area contributed by atoms with Crippen molar-refractivity contribution in [2.75, 3.05) is 0 Å². The minimum atomic E-state index is -0.431. The lowest BCUT2D eigenvalue weighted by molar-refractivity contribution is 0.103. The van der Waals surface area contributed by atoms with Gasteiger partial charge in [-0.15, -0.1) is 0 Å². The highest BCUT2D eigenvalue weighted by Gasteiger charge is 2.10. The van der Waals surface area contributed by atoms with E-state index < -0.39 is 5.82 Å². The summed E-state index contributed by atoms with van der Waals surface area (Å²) < 4.78 is 14.6. The van der Waals surface area contributed by atoms with E-state index in [0.717, 1.165) is 4.47 Å². The summed E-state index contributed by atoms with van der Waals surface area (Å²) in [4.78, 5) is 12.1. The molecule has 2 aromatic carbocycles. The molecule has 0 saturated carbocycles. The highest BCUT2D eigenvalue weighted by atomic mass is 79.9. The predicted octanol–water partition coefficient (Wildman–Crippen LogP) is 4.58. The molecule has 2 aromatic rings. The number of hydrogen-bond acceptors (Lipinski definition) is 1. The molecule has 0 spiro atoms. The minimum absolute atomic E-state index is 0.197. The van der Waals surface area contributed by atoms with Gasteiger partial charge in [-0.05, 0) is 42.5 Å². The van der Waals surface area contributed by atoms with Crippen LogP contribution >= 0.6 is 31.9 Å². The Balaban J connectivity index is 2.40. The van der Waals surface area contributed by atoms with Gasteiger partial charge in [0, 0.05) is 20.1 Å². The van der Waals surface area contributed by atoms with Gasteiger partial charge in [0.15, 0.2) is 5.78 Å². The molecule has 0 aliphatic rings. The van der Waals surface area contributed by atoms with E-state index in [1.807, 2.05) is 0 Å². The number of hydrogen-bond donors (Lipinski definition) is 0. The van der Waals surface area contributed by atoms with Crippen LogP contribution < -0.4 is 0 Å². The van der Waals surface area contributed by atoms with Crippen LogP contribution in [0, 0.1) is 5.82 Å². The van der Waals surface area contributed by atoms with E-state index in [0.29, 0.717) is 15.6 Å². The normalized spacial score (nSPS) is 10.3. The third-order valence-electron chi connectivity index (χ3n) is 2.23. The molecule has 0 bridgehead atoms. The number of halogens is 3. The van der Waals surface area contributed by atoms with Crippen LogP contribution in [0.4, 0.5) is 4.39 Å². The minimum Gasteiger partial charge on any atom is -0.289 e. The molecule has 0 saturated heterocycles. The molecule has 0 heterocycles. The smallest absolute Gasteiger partial charge is 0.193 e. The lowest BCUT2D eigenvalue weighted by Gasteiger charge is -2.02. The third-order valence-corrected chi connectivity index (χ3v) is 3.22. The number of benzene rings is 2. The fraction of sp³-hybridized carbons (Fsp3) is 0. The molecular weight excluding hydrogens is 351 g/mol. The molecule has 0 fully saturated rings. The largest absolute Gasteiger partial charge is 0.289 e. The van der Waals surface area contributed by atoms with Crippen molar-refractivity contribution in [1.82, 2.24) is 0 Å². The van der Waals surface area contributed by atoms with Crippen LogP contribution in [0.3, 0.4) is 0 Å². The summed E-state index contributed by atoms with van der Waals surface area (Å²) in [6, 6.07) is 11.1. The van der Waals surface area contributed by atoms with Gasteiger partial charge in [-0.25, -0.2) is 4.39 Å². The van der Waals surface area contributed by atoms with E-state index >= 15 is 0 Å². The van der Waals surface area contributed by atoms with Crippen LogP contribution in [0.25, 0.3) is 0 Å². The molecule has 2 rings (SSSR count). The molecule has 0 aliphatic carbocycles. The van der Waals surface area contributed by atoms with Crippen molar-refractivity contribution in [2.45, 2.75) is 0 Å². The Kier molecular flexibility index (Phi) is 3.74. The summed E-state index contributed by atoms with van der Waals surface area (Å²) in [6.45, 7) is 0. The molecule has 0 N–H and O–H groups in total. The SMILES string of the molecule is O=C(c1ccc(Br)cc1)c1cc(F)cc(Br)c1. The van der Waals surface area contributed by atoms with Crippen molar-refractivity contribution in [2.24, 2.45) is 0 Å². The summed E-state index contributed by atoms with van der Waals surface area (Å²) in [6.07, 6.45) is 0. The van der Waals surface area contributed by atoms with Crippen LogP contribution in [0.5, 0.6) is 0 Å². The van der Waals surface area contributed by atoms with E-state index in [9.17, 15) is 9.18 Å². The van der Waals surface area contributed by atoms with Crippen molar-refractivity contribution in [3.63, 3.8) is 0 Å². The Morgan fingerprint density at radius 2 is 1.53 bits per heavy atom. The Morgan fingerprint density at radius 3 is 2.12 bits per heavy atom. The second kappa shape index (κ2) is 5.10. The van der Waals surface area contributed by atoms with E-state index in [4.69, 9.17) is 0 Å². The van der Waals surface area contributed by atoms with Gasteiger partial charge in [0.2, 0.25) is 0 Å². The molecule has 0 amide bonds. The predicted molar refractivity (Wildman–Crippen MR) is 71.7 cm³/mol. The molecule has 0 unspecified atom stereocenters. The zero-order chi connectivity index (χ0) is 12.4. The van der Waals surface area contributed by atoms with Crippen molar-refractivity contribution in [3.05, 3.63) is 68.4 Å². The van der Waals surface area contributed by atoms with Gasteiger partial charge in [0.1, 0.15) is 5.82 Å². The Bertz CT molecular complexity index is 544. The summed E-state index contributed by atoms with van der Waals surface area (Å²) in [5, 5.41) is 0. The molecular formula is C13H7Br2FO. The highest BCUT2D eigenvalue weighted by molar-refractivity contribution is 9.10. The molecule has 1 nitrogen and oxygen atoms in total. The third kappa shape index (κ3) is 3.01. The first-order chi connectivity index (χ1) is 8.06. The van der Waals surface area contributed by atoms with Gasteiger partial charge in [0.25, 0.3) is 0 Å². The highest BCUT2D eigenvalue weighted by Crippen LogP contribution is 2.19. The molecule has 0 aromatic heterocycles. The maximum Gasteiger partial charge on any atom is 0.193 e. The molecule has 0 atom stereocenters. The van der Waals surface area contributed by atoms with Crippen LogP contribution in [-0.2, 0) is 0 Å². The Morgan fingerprint density at radius 1 is 0.882 bits per heavy atom. The average molecular weight is 358 g/mol. The fourth-order valence-electron chi connectivity index (χ4n) is 1.45. The van der Waals surface area contributed by atoms with Crippen LogP contribution in [0.2, 0.25) is 0 Å². The van der Waals surface area contributed by atoms with E-state index in [-0.39, 0.29) is 5.78 Å². The first kappa shape index (κ1) is 12.5. The van der Waals surface area contributed by atoms with Gasteiger partial charge in [0.05, 0.1) is 0 Å². The van der Waals surface area contributed by atoms with E-state index in [1.54, 1.807) is 30.3 Å². The van der Waals surface area contributed by atoms with Gasteiger partial charge < -0.3 is 0 Å². The second-order valence-electron chi connectivity index (χ2n) is 3.49. The fourth-order valence-corrected chi connectivity index (χ4v) is 2.18. The Labute approximate surface area is 115 Å². The lowest BCUT2D eigenvalue weighted by atomic mass is 10.0. The first-order valence-electron chi connectivity index (χ1n) is 4.82. The average Bonchev–Trinajstić information content (AvgIpc) is 2.28. The standard InChI is InChI=1S/C13H7Br2FO/c14-10-3-1-8(2-4-10)13(17)9-5-11(15)7-12(16)6-9/h1-7H. The number of carbonyl (C=O) groups excluding carboxylic acids is 1. The zero-order valence-electron chi connectivity index (χ0n) is 8.58. The second-order valence-corrected chi connectivity index (χ2v) is 5.33. The molecule has 17 heavy (non-hydrogen) atoms. The van der Waals surface area contributed by atoms with Gasteiger partial charge >= 0.3 is 0 Å². The number of carbonyl (C=O) groups is 1. The maximum absolute atomic E-state index is 13.2. The number of rotatable bonds is 2. The lowest BCUT2D eigenvalue weighted by Crippen LogP contribution is -2.01. The van der Waals surface area contributed by atoms with Crippen LogP contribution in [-0.4, -0.2) is 5.78 Å². The zero-order valence-corrected chi connectivity index (χ0v) is 11.8. The first-order valence-corrected chi connectivity index (χ1v) is 6.41. The molecule has 4 heteroatoms. The quantitative estimate of drug-likeness (QED) is 0.719. The Hall–Kier alpha value is -1.00. The summed E-state index contributed by atoms with van der Waals surface area (Å²) in [5.41, 5.74) is 0.866. The summed E-state index contributed by atoms with van der Waals surface area (Å²) in [5.74, 6) is -0.627.